The van der Waals surface area contributed by atoms with Crippen molar-refractivity contribution >= 4 is 17.2 Å². The van der Waals surface area contributed by atoms with Crippen LogP contribution in [-0.4, -0.2) is 10.8 Å². The van der Waals surface area contributed by atoms with E-state index in [0.29, 0.717) is 28.3 Å². The van der Waals surface area contributed by atoms with Crippen molar-refractivity contribution in [3.63, 3.8) is 0 Å². The molecule has 134 valence electrons. The second kappa shape index (κ2) is 7.78. The summed E-state index contributed by atoms with van der Waals surface area (Å²) in [7, 11) is 0. The first kappa shape index (κ1) is 17.6. The fraction of sp³-hybridized carbons (Fsp3) is 0.190. The van der Waals surface area contributed by atoms with Gasteiger partial charge in [0, 0.05) is 29.1 Å². The van der Waals surface area contributed by atoms with Gasteiger partial charge in [-0.15, -0.1) is 0 Å². The Balaban J connectivity index is 1.83. The van der Waals surface area contributed by atoms with Gasteiger partial charge in [-0.3, -0.25) is 4.79 Å². The van der Waals surface area contributed by atoms with Gasteiger partial charge < -0.3 is 21.2 Å². The van der Waals surface area contributed by atoms with Gasteiger partial charge in [0.05, 0.1) is 11.4 Å². The van der Waals surface area contributed by atoms with Gasteiger partial charge in [-0.2, -0.15) is 0 Å². The number of hydrogen-bond acceptors (Lipinski definition) is 4. The molecule has 1 aromatic heterocycles. The molecule has 5 heteroatoms. The topological polar surface area (TPSA) is 94.1 Å². The van der Waals surface area contributed by atoms with Crippen LogP contribution in [0.25, 0.3) is 0 Å². The van der Waals surface area contributed by atoms with Crippen LogP contribution in [0.4, 0.5) is 11.4 Å². The van der Waals surface area contributed by atoms with Gasteiger partial charge in [0.2, 0.25) is 0 Å². The number of carbonyl (C=O) groups excluding carboxylic acids is 1. The van der Waals surface area contributed by atoms with Gasteiger partial charge in [0.15, 0.2) is 5.78 Å². The van der Waals surface area contributed by atoms with Gasteiger partial charge in [-0.05, 0) is 42.8 Å². The van der Waals surface area contributed by atoms with Crippen molar-refractivity contribution in [2.75, 3.05) is 11.5 Å². The molecular weight excluding hydrogens is 326 g/mol. The van der Waals surface area contributed by atoms with Crippen LogP contribution >= 0.6 is 0 Å². The zero-order valence-electron chi connectivity index (χ0n) is 14.7. The number of aromatic amines is 1. The summed E-state index contributed by atoms with van der Waals surface area (Å²) >= 11 is 0. The molecule has 0 radical (unpaired) electrons. The van der Waals surface area contributed by atoms with E-state index in [9.17, 15) is 4.79 Å². The Morgan fingerprint density at radius 1 is 1.08 bits per heavy atom. The van der Waals surface area contributed by atoms with Gasteiger partial charge >= 0.3 is 0 Å². The van der Waals surface area contributed by atoms with Crippen molar-refractivity contribution in [1.82, 2.24) is 4.98 Å². The van der Waals surface area contributed by atoms with E-state index in [-0.39, 0.29) is 11.9 Å². The highest BCUT2D eigenvalue weighted by Crippen LogP contribution is 2.27. The summed E-state index contributed by atoms with van der Waals surface area (Å²) in [5, 5.41) is 0. The van der Waals surface area contributed by atoms with E-state index in [1.54, 1.807) is 30.3 Å². The second-order valence-corrected chi connectivity index (χ2v) is 6.24. The van der Waals surface area contributed by atoms with Crippen LogP contribution in [0.3, 0.4) is 0 Å². The Morgan fingerprint density at radius 3 is 2.58 bits per heavy atom. The number of nitrogen functional groups attached to an aromatic ring is 2. The van der Waals surface area contributed by atoms with Crippen molar-refractivity contribution in [3.8, 4) is 5.75 Å². The monoisotopic (exact) mass is 349 g/mol. The highest BCUT2D eigenvalue weighted by atomic mass is 16.5. The molecular formula is C21H23N3O2. The largest absolute Gasteiger partial charge is 0.486 e. The molecule has 3 rings (SSSR count). The highest BCUT2D eigenvalue weighted by Gasteiger charge is 2.15. The Morgan fingerprint density at radius 2 is 1.88 bits per heavy atom. The van der Waals surface area contributed by atoms with Crippen molar-refractivity contribution in [2.45, 2.75) is 25.9 Å². The van der Waals surface area contributed by atoms with E-state index in [1.807, 2.05) is 30.6 Å². The SMILES string of the molecule is CCCC(Oc1cccc(C(=O)c2ccc(N)c(N)c2)c1)c1cc[nH]c1. The van der Waals surface area contributed by atoms with E-state index >= 15 is 0 Å². The average Bonchev–Trinajstić information content (AvgIpc) is 3.18. The third kappa shape index (κ3) is 3.88. The van der Waals surface area contributed by atoms with E-state index in [1.165, 1.54) is 0 Å². The highest BCUT2D eigenvalue weighted by molar-refractivity contribution is 6.10. The van der Waals surface area contributed by atoms with Gasteiger partial charge in [-0.1, -0.05) is 25.5 Å². The lowest BCUT2D eigenvalue weighted by Crippen LogP contribution is -2.08. The molecule has 3 aromatic rings. The average molecular weight is 349 g/mol. The van der Waals surface area contributed by atoms with E-state index in [0.717, 1.165) is 18.4 Å². The lowest BCUT2D eigenvalue weighted by atomic mass is 10.0. The molecule has 0 fully saturated rings. The molecule has 1 heterocycles. The first-order valence-corrected chi connectivity index (χ1v) is 8.67. The molecule has 0 spiro atoms. The summed E-state index contributed by atoms with van der Waals surface area (Å²) in [6.45, 7) is 2.12. The fourth-order valence-electron chi connectivity index (χ4n) is 2.85. The Hall–Kier alpha value is -3.21. The molecule has 0 aliphatic carbocycles. The number of nitrogens with one attached hydrogen (secondary N) is 1. The van der Waals surface area contributed by atoms with Crippen LogP contribution in [0, 0.1) is 0 Å². The van der Waals surface area contributed by atoms with Crippen LogP contribution < -0.4 is 16.2 Å². The van der Waals surface area contributed by atoms with E-state index in [4.69, 9.17) is 16.2 Å². The van der Waals surface area contributed by atoms with Crippen LogP contribution in [0.1, 0.15) is 47.4 Å². The predicted molar refractivity (Wildman–Crippen MR) is 104 cm³/mol. The molecule has 0 saturated carbocycles. The molecule has 2 aromatic carbocycles. The number of nitrogens with two attached hydrogens (primary N) is 2. The standard InChI is InChI=1S/C21H23N3O2/c1-2-4-20(16-9-10-24-13-16)26-17-6-3-5-14(11-17)21(25)15-7-8-18(22)19(23)12-15/h3,5-13,20,24H,2,4,22-23H2,1H3. The Kier molecular flexibility index (Phi) is 5.27. The smallest absolute Gasteiger partial charge is 0.193 e. The summed E-state index contributed by atoms with van der Waals surface area (Å²) in [6, 6.07) is 14.2. The summed E-state index contributed by atoms with van der Waals surface area (Å²) in [5.41, 5.74) is 14.6. The van der Waals surface area contributed by atoms with Crippen LogP contribution in [0.15, 0.2) is 60.9 Å². The predicted octanol–water partition coefficient (Wildman–Crippen LogP) is 4.33. The van der Waals surface area contributed by atoms with Crippen LogP contribution in [0.2, 0.25) is 0 Å². The van der Waals surface area contributed by atoms with E-state index < -0.39 is 0 Å². The first-order chi connectivity index (χ1) is 12.6. The molecule has 5 nitrogen and oxygen atoms in total. The number of ketones is 1. The van der Waals surface area contributed by atoms with Crippen LogP contribution in [-0.2, 0) is 0 Å². The summed E-state index contributed by atoms with van der Waals surface area (Å²) in [4.78, 5) is 15.8. The molecule has 0 amide bonds. The lowest BCUT2D eigenvalue weighted by Gasteiger charge is -2.18. The third-order valence-corrected chi connectivity index (χ3v) is 4.27. The molecule has 0 bridgehead atoms. The number of H-pyrrole nitrogens is 1. The summed E-state index contributed by atoms with van der Waals surface area (Å²) in [6.07, 6.45) is 5.66. The van der Waals surface area contributed by atoms with Crippen molar-refractivity contribution in [1.29, 1.82) is 0 Å². The van der Waals surface area contributed by atoms with Gasteiger partial charge in [-0.25, -0.2) is 0 Å². The number of carbonyl (C=O) groups is 1. The third-order valence-electron chi connectivity index (χ3n) is 4.27. The molecule has 26 heavy (non-hydrogen) atoms. The molecule has 1 unspecified atom stereocenters. The minimum atomic E-state index is -0.115. The molecule has 1 atom stereocenters. The van der Waals surface area contributed by atoms with Crippen LogP contribution in [0.5, 0.6) is 5.75 Å². The van der Waals surface area contributed by atoms with Crippen molar-refractivity contribution < 1.29 is 9.53 Å². The number of aromatic nitrogens is 1. The zero-order valence-corrected chi connectivity index (χ0v) is 14.7. The van der Waals surface area contributed by atoms with Crippen molar-refractivity contribution in [3.05, 3.63) is 77.6 Å². The number of ether oxygens (including phenoxy) is 1. The molecule has 5 N–H and O–H groups in total. The van der Waals surface area contributed by atoms with Crippen molar-refractivity contribution in [2.24, 2.45) is 0 Å². The Bertz CT molecular complexity index is 888. The summed E-state index contributed by atoms with van der Waals surface area (Å²) in [5.74, 6) is 0.551. The van der Waals surface area contributed by atoms with Gasteiger partial charge in [0.25, 0.3) is 0 Å². The number of rotatable bonds is 7. The zero-order chi connectivity index (χ0) is 18.5. The fourth-order valence-corrected chi connectivity index (χ4v) is 2.85. The Labute approximate surface area is 153 Å². The summed E-state index contributed by atoms with van der Waals surface area (Å²) < 4.78 is 6.15. The maximum absolute atomic E-state index is 12.7. The van der Waals surface area contributed by atoms with Gasteiger partial charge in [0.1, 0.15) is 11.9 Å². The first-order valence-electron chi connectivity index (χ1n) is 8.67. The maximum Gasteiger partial charge on any atom is 0.193 e. The molecule has 0 saturated heterocycles. The minimum absolute atomic E-state index is 0.0521. The minimum Gasteiger partial charge on any atom is -0.486 e. The number of hydrogen-bond donors (Lipinski definition) is 3. The lowest BCUT2D eigenvalue weighted by molar-refractivity contribution is 0.103. The maximum atomic E-state index is 12.7. The van der Waals surface area contributed by atoms with E-state index in [2.05, 4.69) is 11.9 Å². The second-order valence-electron chi connectivity index (χ2n) is 6.24. The molecule has 0 aliphatic rings. The molecule has 0 aliphatic heterocycles. The number of anilines is 2. The normalized spacial score (nSPS) is 11.9. The number of benzene rings is 2. The quantitative estimate of drug-likeness (QED) is 0.437.